The Kier molecular flexibility index (Phi) is 35.6. The number of hydrogen-bond acceptors (Lipinski definition) is 8. The monoisotopic (exact) mass is 718 g/mol. The van der Waals surface area contributed by atoms with Gasteiger partial charge in [-0.05, 0) is 38.5 Å². The predicted octanol–water partition coefficient (Wildman–Crippen LogP) is 11.1. The van der Waals surface area contributed by atoms with Gasteiger partial charge in [0.2, 0.25) is 0 Å². The van der Waals surface area contributed by atoms with Gasteiger partial charge in [-0.15, -0.1) is 0 Å². The zero-order valence-electron chi connectivity index (χ0n) is 31.7. The summed E-state index contributed by atoms with van der Waals surface area (Å²) in [4.78, 5) is 34.7. The molecule has 0 saturated heterocycles. The lowest BCUT2D eigenvalue weighted by molar-refractivity contribution is -0.161. The first-order valence-electron chi connectivity index (χ1n) is 20.2. The van der Waals surface area contributed by atoms with Gasteiger partial charge in [0, 0.05) is 19.4 Å². The maximum Gasteiger partial charge on any atom is 0.472 e. The van der Waals surface area contributed by atoms with Crippen LogP contribution < -0.4 is 5.73 Å². The number of carbonyl (C=O) groups is 2. The van der Waals surface area contributed by atoms with E-state index in [1.54, 1.807) is 0 Å². The van der Waals surface area contributed by atoms with Crippen LogP contribution in [0.25, 0.3) is 0 Å². The molecule has 2 atom stereocenters. The quantitative estimate of drug-likeness (QED) is 0.0277. The van der Waals surface area contributed by atoms with E-state index in [0.29, 0.717) is 6.42 Å². The van der Waals surface area contributed by atoms with Crippen LogP contribution in [0.2, 0.25) is 0 Å². The lowest BCUT2D eigenvalue weighted by Crippen LogP contribution is -2.29. The van der Waals surface area contributed by atoms with Gasteiger partial charge in [0.1, 0.15) is 6.61 Å². The largest absolute Gasteiger partial charge is 0.472 e. The van der Waals surface area contributed by atoms with Crippen molar-refractivity contribution in [1.82, 2.24) is 0 Å². The minimum absolute atomic E-state index is 0.0531. The predicted molar refractivity (Wildman–Crippen MR) is 201 cm³/mol. The zero-order chi connectivity index (χ0) is 36.1. The molecule has 0 bridgehead atoms. The Morgan fingerprint density at radius 3 is 1.49 bits per heavy atom. The minimum Gasteiger partial charge on any atom is -0.462 e. The fraction of sp³-hybridized carbons (Fsp3) is 0.897. The molecule has 0 aromatic rings. The highest BCUT2D eigenvalue weighted by atomic mass is 31.2. The number of unbranched alkanes of at least 4 members (excludes halogenated alkanes) is 23. The van der Waals surface area contributed by atoms with Gasteiger partial charge in [-0.1, -0.05) is 154 Å². The topological polar surface area (TPSA) is 134 Å². The van der Waals surface area contributed by atoms with Crippen LogP contribution in [0, 0.1) is 0 Å². The number of phosphoric ester groups is 1. The van der Waals surface area contributed by atoms with Crippen LogP contribution in [-0.2, 0) is 32.7 Å². The Morgan fingerprint density at radius 1 is 0.592 bits per heavy atom. The number of esters is 2. The average Bonchev–Trinajstić information content (AvgIpc) is 3.08. The van der Waals surface area contributed by atoms with Crippen LogP contribution in [0.4, 0.5) is 0 Å². The van der Waals surface area contributed by atoms with Crippen LogP contribution in [0.5, 0.6) is 0 Å². The number of hydrogen-bond donors (Lipinski definition) is 2. The van der Waals surface area contributed by atoms with Gasteiger partial charge < -0.3 is 20.1 Å². The second kappa shape index (κ2) is 36.5. The number of carbonyl (C=O) groups excluding carboxylic acids is 2. The van der Waals surface area contributed by atoms with Crippen LogP contribution >= 0.6 is 7.82 Å². The maximum atomic E-state index is 12.5. The van der Waals surface area contributed by atoms with Crippen molar-refractivity contribution in [3.63, 3.8) is 0 Å². The van der Waals surface area contributed by atoms with Gasteiger partial charge in [-0.3, -0.25) is 18.6 Å². The van der Waals surface area contributed by atoms with Gasteiger partial charge >= 0.3 is 19.8 Å². The third kappa shape index (κ3) is 36.3. The number of rotatable bonds is 38. The summed E-state index contributed by atoms with van der Waals surface area (Å²) in [6.45, 7) is 3.72. The zero-order valence-corrected chi connectivity index (χ0v) is 32.6. The molecule has 3 N–H and O–H groups in total. The third-order valence-electron chi connectivity index (χ3n) is 8.65. The summed E-state index contributed by atoms with van der Waals surface area (Å²) in [6.07, 6.45) is 35.3. The molecular weight excluding hydrogens is 641 g/mol. The smallest absolute Gasteiger partial charge is 0.462 e. The molecular formula is C39H76NO8P. The van der Waals surface area contributed by atoms with Crippen LogP contribution in [0.1, 0.15) is 194 Å². The van der Waals surface area contributed by atoms with Gasteiger partial charge in [0.15, 0.2) is 6.10 Å². The van der Waals surface area contributed by atoms with E-state index < -0.39 is 26.5 Å². The molecule has 0 saturated carbocycles. The van der Waals surface area contributed by atoms with Crippen molar-refractivity contribution >= 4 is 19.8 Å². The first kappa shape index (κ1) is 47.8. The molecule has 9 nitrogen and oxygen atoms in total. The molecule has 0 radical (unpaired) electrons. The van der Waals surface area contributed by atoms with E-state index in [4.69, 9.17) is 24.3 Å². The first-order valence-corrected chi connectivity index (χ1v) is 21.7. The van der Waals surface area contributed by atoms with Crippen molar-refractivity contribution in [2.24, 2.45) is 5.73 Å². The van der Waals surface area contributed by atoms with Crippen molar-refractivity contribution in [3.8, 4) is 0 Å². The SMILES string of the molecule is CCCCCCCCCCC/C=C/CCCCC(=O)O[C@H](COC(=O)CCCCCCCCCCCCCCC)COP(=O)(O)OCCN. The number of ether oxygens (including phenoxy) is 2. The van der Waals surface area contributed by atoms with Crippen LogP contribution in [0.3, 0.4) is 0 Å². The Balaban J connectivity index is 4.20. The summed E-state index contributed by atoms with van der Waals surface area (Å²) < 4.78 is 32.7. The molecule has 0 aliphatic carbocycles. The summed E-state index contributed by atoms with van der Waals surface area (Å²) in [5.74, 6) is -0.847. The van der Waals surface area contributed by atoms with Crippen molar-refractivity contribution in [1.29, 1.82) is 0 Å². The van der Waals surface area contributed by atoms with Crippen molar-refractivity contribution in [3.05, 3.63) is 12.2 Å². The van der Waals surface area contributed by atoms with E-state index in [1.807, 2.05) is 0 Å². The Bertz CT molecular complexity index is 825. The van der Waals surface area contributed by atoms with E-state index >= 15 is 0 Å². The molecule has 0 aliphatic rings. The second-order valence-corrected chi connectivity index (χ2v) is 15.0. The van der Waals surface area contributed by atoms with Crippen molar-refractivity contribution < 1.29 is 37.6 Å². The number of allylic oxidation sites excluding steroid dienone is 2. The summed E-state index contributed by atoms with van der Waals surface area (Å²) in [7, 11) is -4.37. The van der Waals surface area contributed by atoms with E-state index in [-0.39, 0.29) is 38.6 Å². The normalized spacial score (nSPS) is 13.5. The average molecular weight is 718 g/mol. The first-order chi connectivity index (χ1) is 23.8. The Hall–Kier alpha value is -1.25. The van der Waals surface area contributed by atoms with Crippen LogP contribution in [0.15, 0.2) is 12.2 Å². The molecule has 0 fully saturated rings. The Labute approximate surface area is 300 Å². The molecule has 49 heavy (non-hydrogen) atoms. The summed E-state index contributed by atoms with van der Waals surface area (Å²) >= 11 is 0. The molecule has 290 valence electrons. The lowest BCUT2D eigenvalue weighted by Gasteiger charge is -2.19. The van der Waals surface area contributed by atoms with E-state index in [1.165, 1.54) is 122 Å². The van der Waals surface area contributed by atoms with Crippen molar-refractivity contribution in [2.45, 2.75) is 200 Å². The summed E-state index contributed by atoms with van der Waals surface area (Å²) in [5, 5.41) is 0. The molecule has 0 aromatic carbocycles. The summed E-state index contributed by atoms with van der Waals surface area (Å²) in [5.41, 5.74) is 5.33. The molecule has 10 heteroatoms. The highest BCUT2D eigenvalue weighted by Gasteiger charge is 2.25. The molecule has 1 unspecified atom stereocenters. The molecule has 0 amide bonds. The summed E-state index contributed by atoms with van der Waals surface area (Å²) in [6, 6.07) is 0. The Morgan fingerprint density at radius 2 is 1.00 bits per heavy atom. The van der Waals surface area contributed by atoms with E-state index in [9.17, 15) is 19.0 Å². The lowest BCUT2D eigenvalue weighted by atomic mass is 10.0. The number of nitrogens with two attached hydrogens (primary N) is 1. The highest BCUT2D eigenvalue weighted by Crippen LogP contribution is 2.43. The van der Waals surface area contributed by atoms with E-state index in [2.05, 4.69) is 26.0 Å². The number of phosphoric acid groups is 1. The minimum atomic E-state index is -4.37. The fourth-order valence-corrected chi connectivity index (χ4v) is 6.39. The second-order valence-electron chi connectivity index (χ2n) is 13.5. The molecule has 0 spiro atoms. The molecule has 0 aromatic heterocycles. The molecule has 0 rings (SSSR count). The third-order valence-corrected chi connectivity index (χ3v) is 9.64. The maximum absolute atomic E-state index is 12.5. The van der Waals surface area contributed by atoms with Crippen LogP contribution in [-0.4, -0.2) is 49.3 Å². The molecule has 0 heterocycles. The van der Waals surface area contributed by atoms with E-state index in [0.717, 1.165) is 38.5 Å². The van der Waals surface area contributed by atoms with Gasteiger partial charge in [0.25, 0.3) is 0 Å². The highest BCUT2D eigenvalue weighted by molar-refractivity contribution is 7.47. The molecule has 0 aliphatic heterocycles. The van der Waals surface area contributed by atoms with Gasteiger partial charge in [-0.2, -0.15) is 0 Å². The fourth-order valence-electron chi connectivity index (χ4n) is 5.63. The van der Waals surface area contributed by atoms with Gasteiger partial charge in [0.05, 0.1) is 13.2 Å². The standard InChI is InChI=1S/C39H76NO8P/c1-3-5-7-9-11-13-15-17-18-20-22-24-26-28-30-32-39(42)48-37(36-47-49(43,44)46-34-33-40)35-45-38(41)31-29-27-25-23-21-19-16-14-12-10-8-6-4-2/h22,24,37H,3-21,23,25-36,40H2,1-2H3,(H,43,44)/b24-22+/t37-/m1/s1. The van der Waals surface area contributed by atoms with Crippen molar-refractivity contribution in [2.75, 3.05) is 26.4 Å². The van der Waals surface area contributed by atoms with Gasteiger partial charge in [-0.25, -0.2) is 4.57 Å².